The van der Waals surface area contributed by atoms with Crippen LogP contribution in [0.2, 0.25) is 0 Å². The molecule has 0 aliphatic heterocycles. The van der Waals surface area contributed by atoms with Gasteiger partial charge in [0.15, 0.2) is 0 Å². The van der Waals surface area contributed by atoms with E-state index in [9.17, 15) is 9.18 Å². The van der Waals surface area contributed by atoms with Crippen molar-refractivity contribution in [2.24, 2.45) is 0 Å². The molecule has 0 spiro atoms. The molecule has 0 aliphatic carbocycles. The molecule has 2 heterocycles. The standard InChI is InChI=1S/C23H20FN3O2/c1-16-6-11-19(29-16)12-13-23(28)26-21(17-7-9-18(24)10-8-17)14-27-15-25-20-4-2-3-5-22(20)27/h2-13,15,21H,14H2,1H3,(H,26,28). The average molecular weight is 389 g/mol. The van der Waals surface area contributed by atoms with Crippen molar-refractivity contribution in [1.82, 2.24) is 14.9 Å². The van der Waals surface area contributed by atoms with Crippen molar-refractivity contribution >= 4 is 23.0 Å². The van der Waals surface area contributed by atoms with Gasteiger partial charge in [0.1, 0.15) is 17.3 Å². The molecule has 6 heteroatoms. The molecule has 0 aliphatic rings. The lowest BCUT2D eigenvalue weighted by molar-refractivity contribution is -0.117. The van der Waals surface area contributed by atoms with E-state index in [0.717, 1.165) is 22.4 Å². The highest BCUT2D eigenvalue weighted by molar-refractivity contribution is 5.91. The number of imidazole rings is 1. The molecular weight excluding hydrogens is 369 g/mol. The molecule has 0 saturated heterocycles. The fourth-order valence-corrected chi connectivity index (χ4v) is 3.20. The van der Waals surface area contributed by atoms with Crippen molar-refractivity contribution in [3.63, 3.8) is 0 Å². The number of para-hydroxylation sites is 2. The molecule has 1 amide bonds. The third kappa shape index (κ3) is 4.43. The smallest absolute Gasteiger partial charge is 0.244 e. The summed E-state index contributed by atoms with van der Waals surface area (Å²) in [4.78, 5) is 16.9. The highest BCUT2D eigenvalue weighted by Gasteiger charge is 2.16. The summed E-state index contributed by atoms with van der Waals surface area (Å²) in [6.45, 7) is 2.31. The van der Waals surface area contributed by atoms with Gasteiger partial charge in [-0.15, -0.1) is 0 Å². The lowest BCUT2D eigenvalue weighted by Gasteiger charge is -2.19. The van der Waals surface area contributed by atoms with E-state index >= 15 is 0 Å². The Bertz CT molecular complexity index is 1160. The van der Waals surface area contributed by atoms with Crippen LogP contribution in [0, 0.1) is 12.7 Å². The zero-order valence-electron chi connectivity index (χ0n) is 15.9. The number of carbonyl (C=O) groups is 1. The Morgan fingerprint density at radius 1 is 1.17 bits per heavy atom. The van der Waals surface area contributed by atoms with Gasteiger partial charge in [-0.2, -0.15) is 0 Å². The van der Waals surface area contributed by atoms with E-state index < -0.39 is 0 Å². The highest BCUT2D eigenvalue weighted by atomic mass is 19.1. The summed E-state index contributed by atoms with van der Waals surface area (Å²) < 4.78 is 20.8. The molecule has 0 radical (unpaired) electrons. The molecular formula is C23H20FN3O2. The van der Waals surface area contributed by atoms with Crippen LogP contribution < -0.4 is 5.32 Å². The number of amides is 1. The fraction of sp³-hybridized carbons (Fsp3) is 0.130. The number of halogens is 1. The van der Waals surface area contributed by atoms with Gasteiger partial charge in [0.25, 0.3) is 0 Å². The number of aryl methyl sites for hydroxylation is 1. The summed E-state index contributed by atoms with van der Waals surface area (Å²) in [6.07, 6.45) is 4.80. The number of rotatable bonds is 6. The van der Waals surface area contributed by atoms with Crippen LogP contribution >= 0.6 is 0 Å². The molecule has 2 aromatic heterocycles. The van der Waals surface area contributed by atoms with Crippen molar-refractivity contribution in [1.29, 1.82) is 0 Å². The number of carbonyl (C=O) groups excluding carboxylic acids is 1. The zero-order chi connectivity index (χ0) is 20.2. The molecule has 1 N–H and O–H groups in total. The molecule has 1 atom stereocenters. The Morgan fingerprint density at radius 2 is 1.97 bits per heavy atom. The van der Waals surface area contributed by atoms with Gasteiger partial charge in [-0.05, 0) is 55.0 Å². The van der Waals surface area contributed by atoms with Gasteiger partial charge >= 0.3 is 0 Å². The van der Waals surface area contributed by atoms with Crippen LogP contribution in [0.25, 0.3) is 17.1 Å². The van der Waals surface area contributed by atoms with Gasteiger partial charge in [-0.3, -0.25) is 4.79 Å². The monoisotopic (exact) mass is 389 g/mol. The van der Waals surface area contributed by atoms with E-state index in [4.69, 9.17) is 4.42 Å². The number of benzene rings is 2. The molecule has 29 heavy (non-hydrogen) atoms. The second-order valence-corrected chi connectivity index (χ2v) is 6.78. The molecule has 0 bridgehead atoms. The number of hydrogen-bond acceptors (Lipinski definition) is 3. The lowest BCUT2D eigenvalue weighted by Crippen LogP contribution is -2.30. The van der Waals surface area contributed by atoms with Crippen LogP contribution in [0.4, 0.5) is 4.39 Å². The molecule has 2 aromatic carbocycles. The van der Waals surface area contributed by atoms with Crippen LogP contribution in [0.3, 0.4) is 0 Å². The minimum atomic E-state index is -0.358. The number of hydrogen-bond donors (Lipinski definition) is 1. The topological polar surface area (TPSA) is 60.1 Å². The largest absolute Gasteiger partial charge is 0.462 e. The number of furan rings is 1. The third-order valence-corrected chi connectivity index (χ3v) is 4.66. The van der Waals surface area contributed by atoms with E-state index in [1.807, 2.05) is 41.8 Å². The van der Waals surface area contributed by atoms with Crippen molar-refractivity contribution < 1.29 is 13.6 Å². The number of nitrogens with one attached hydrogen (secondary N) is 1. The SMILES string of the molecule is Cc1ccc(C=CC(=O)NC(Cn2cnc3ccccc32)c2ccc(F)cc2)o1. The van der Waals surface area contributed by atoms with Crippen LogP contribution in [-0.4, -0.2) is 15.5 Å². The average Bonchev–Trinajstić information content (AvgIpc) is 3.33. The van der Waals surface area contributed by atoms with Gasteiger partial charge < -0.3 is 14.3 Å². The predicted molar refractivity (Wildman–Crippen MR) is 109 cm³/mol. The van der Waals surface area contributed by atoms with E-state index in [1.165, 1.54) is 18.2 Å². The normalized spacial score (nSPS) is 12.5. The summed E-state index contributed by atoms with van der Waals surface area (Å²) in [7, 11) is 0. The second kappa shape index (κ2) is 8.14. The first kappa shape index (κ1) is 18.7. The van der Waals surface area contributed by atoms with Crippen LogP contribution in [0.15, 0.2) is 77.5 Å². The lowest BCUT2D eigenvalue weighted by atomic mass is 10.1. The minimum absolute atomic E-state index is 0.266. The van der Waals surface area contributed by atoms with Crippen molar-refractivity contribution in [2.45, 2.75) is 19.5 Å². The van der Waals surface area contributed by atoms with E-state index in [2.05, 4.69) is 10.3 Å². The minimum Gasteiger partial charge on any atom is -0.462 e. The van der Waals surface area contributed by atoms with E-state index in [1.54, 1.807) is 30.6 Å². The van der Waals surface area contributed by atoms with E-state index in [0.29, 0.717) is 12.3 Å². The summed E-state index contributed by atoms with van der Waals surface area (Å²) in [6, 6.07) is 17.2. The second-order valence-electron chi connectivity index (χ2n) is 6.78. The summed E-state index contributed by atoms with van der Waals surface area (Å²) in [5.74, 6) is 0.801. The van der Waals surface area contributed by atoms with Crippen LogP contribution in [0.1, 0.15) is 23.1 Å². The van der Waals surface area contributed by atoms with Crippen molar-refractivity contribution in [3.8, 4) is 0 Å². The van der Waals surface area contributed by atoms with Gasteiger partial charge in [0.05, 0.1) is 23.4 Å². The molecule has 4 aromatic rings. The Morgan fingerprint density at radius 3 is 2.72 bits per heavy atom. The first-order valence-electron chi connectivity index (χ1n) is 9.29. The molecule has 146 valence electrons. The summed E-state index contributed by atoms with van der Waals surface area (Å²) in [5.41, 5.74) is 2.65. The van der Waals surface area contributed by atoms with E-state index in [-0.39, 0.29) is 17.8 Å². The third-order valence-electron chi connectivity index (χ3n) is 4.66. The molecule has 0 fully saturated rings. The van der Waals surface area contributed by atoms with Crippen molar-refractivity contribution in [2.75, 3.05) is 0 Å². The van der Waals surface area contributed by atoms with Crippen LogP contribution in [0.5, 0.6) is 0 Å². The van der Waals surface area contributed by atoms with Crippen LogP contribution in [-0.2, 0) is 11.3 Å². The van der Waals surface area contributed by atoms with Gasteiger partial charge in [-0.1, -0.05) is 24.3 Å². The van der Waals surface area contributed by atoms with Crippen molar-refractivity contribution in [3.05, 3.63) is 96.0 Å². The first-order chi connectivity index (χ1) is 14.1. The molecule has 4 rings (SSSR count). The predicted octanol–water partition coefficient (Wildman–Crippen LogP) is 4.65. The summed E-state index contributed by atoms with van der Waals surface area (Å²) >= 11 is 0. The molecule has 1 unspecified atom stereocenters. The van der Waals surface area contributed by atoms with Gasteiger partial charge in [-0.25, -0.2) is 9.37 Å². The quantitative estimate of drug-likeness (QED) is 0.489. The number of nitrogens with zero attached hydrogens (tertiary/aromatic N) is 2. The Balaban J connectivity index is 1.57. The first-order valence-corrected chi connectivity index (χ1v) is 9.29. The maximum atomic E-state index is 13.4. The number of aromatic nitrogens is 2. The Kier molecular flexibility index (Phi) is 5.24. The fourth-order valence-electron chi connectivity index (χ4n) is 3.20. The molecule has 0 saturated carbocycles. The molecule has 5 nitrogen and oxygen atoms in total. The number of fused-ring (bicyclic) bond motifs is 1. The maximum absolute atomic E-state index is 13.4. The van der Waals surface area contributed by atoms with Gasteiger partial charge in [0.2, 0.25) is 5.91 Å². The summed E-state index contributed by atoms with van der Waals surface area (Å²) in [5, 5.41) is 2.99. The Hall–Kier alpha value is -3.67. The zero-order valence-corrected chi connectivity index (χ0v) is 15.9. The highest BCUT2D eigenvalue weighted by Crippen LogP contribution is 2.20. The Labute approximate surface area is 167 Å². The maximum Gasteiger partial charge on any atom is 0.244 e. The van der Waals surface area contributed by atoms with Gasteiger partial charge in [0, 0.05) is 12.6 Å².